The molecule has 0 aliphatic heterocycles. The zero-order valence-corrected chi connectivity index (χ0v) is 11.2. The van der Waals surface area contributed by atoms with E-state index in [0.717, 1.165) is 17.9 Å². The van der Waals surface area contributed by atoms with E-state index in [4.69, 9.17) is 9.47 Å². The Morgan fingerprint density at radius 2 is 1.71 bits per heavy atom. The fraction of sp³-hybridized carbons (Fsp3) is 0.571. The Morgan fingerprint density at radius 3 is 2.24 bits per heavy atom. The molecule has 0 saturated carbocycles. The van der Waals surface area contributed by atoms with Gasteiger partial charge in [0.05, 0.1) is 13.2 Å². The highest BCUT2D eigenvalue weighted by Crippen LogP contribution is 2.31. The molecule has 0 aliphatic carbocycles. The Hall–Kier alpha value is -1.22. The van der Waals surface area contributed by atoms with Crippen molar-refractivity contribution >= 4 is 0 Å². The third kappa shape index (κ3) is 3.63. The highest BCUT2D eigenvalue weighted by atomic mass is 16.5. The van der Waals surface area contributed by atoms with Crippen LogP contribution in [0.25, 0.3) is 0 Å². The molecule has 3 heteroatoms. The predicted octanol–water partition coefficient (Wildman–Crippen LogP) is 3.15. The summed E-state index contributed by atoms with van der Waals surface area (Å²) in [5.74, 6) is 1.66. The molecule has 96 valence electrons. The van der Waals surface area contributed by atoms with Gasteiger partial charge in [-0.1, -0.05) is 13.0 Å². The van der Waals surface area contributed by atoms with Crippen LogP contribution in [0.5, 0.6) is 11.5 Å². The number of rotatable bonds is 7. The summed E-state index contributed by atoms with van der Waals surface area (Å²) < 4.78 is 11.2. The van der Waals surface area contributed by atoms with Gasteiger partial charge in [0, 0.05) is 6.04 Å². The number of ether oxygens (including phenoxy) is 2. The molecule has 1 rings (SSSR count). The van der Waals surface area contributed by atoms with Crippen LogP contribution in [0.3, 0.4) is 0 Å². The van der Waals surface area contributed by atoms with Gasteiger partial charge in [-0.05, 0) is 45.0 Å². The summed E-state index contributed by atoms with van der Waals surface area (Å²) in [7, 11) is 1.98. The second-order valence-electron chi connectivity index (χ2n) is 3.82. The van der Waals surface area contributed by atoms with Gasteiger partial charge in [0.25, 0.3) is 0 Å². The minimum absolute atomic E-state index is 0.366. The maximum absolute atomic E-state index is 5.62. The summed E-state index contributed by atoms with van der Waals surface area (Å²) in [6.07, 6.45) is 1.05. The van der Waals surface area contributed by atoms with Gasteiger partial charge in [0.15, 0.2) is 11.5 Å². The van der Waals surface area contributed by atoms with Gasteiger partial charge >= 0.3 is 0 Å². The third-order valence-electron chi connectivity index (χ3n) is 2.73. The molecule has 0 spiro atoms. The fourth-order valence-electron chi connectivity index (χ4n) is 1.89. The summed E-state index contributed by atoms with van der Waals surface area (Å²) in [5.41, 5.74) is 1.24. The molecule has 0 fully saturated rings. The zero-order chi connectivity index (χ0) is 12.7. The Bertz CT molecular complexity index is 335. The highest BCUT2D eigenvalue weighted by Gasteiger charge is 2.11. The van der Waals surface area contributed by atoms with Crippen LogP contribution in [-0.4, -0.2) is 20.3 Å². The SMILES string of the molecule is CCOc1ccc(C(CC)NC)cc1OCC. The van der Waals surface area contributed by atoms with Gasteiger partial charge < -0.3 is 14.8 Å². The first-order valence-corrected chi connectivity index (χ1v) is 6.33. The first-order valence-electron chi connectivity index (χ1n) is 6.33. The van der Waals surface area contributed by atoms with E-state index in [9.17, 15) is 0 Å². The molecule has 0 amide bonds. The summed E-state index contributed by atoms with van der Waals surface area (Å²) in [5, 5.41) is 3.29. The standard InChI is InChI=1S/C14H23NO2/c1-5-12(15-4)11-8-9-13(16-6-2)14(10-11)17-7-3/h8-10,12,15H,5-7H2,1-4H3. The van der Waals surface area contributed by atoms with Crippen molar-refractivity contribution in [3.8, 4) is 11.5 Å². The second-order valence-corrected chi connectivity index (χ2v) is 3.82. The minimum atomic E-state index is 0.366. The van der Waals surface area contributed by atoms with E-state index < -0.39 is 0 Å². The maximum Gasteiger partial charge on any atom is 0.161 e. The molecular weight excluding hydrogens is 214 g/mol. The van der Waals surface area contributed by atoms with E-state index in [1.165, 1.54) is 5.56 Å². The lowest BCUT2D eigenvalue weighted by atomic mass is 10.0. The van der Waals surface area contributed by atoms with Crippen molar-refractivity contribution in [2.75, 3.05) is 20.3 Å². The summed E-state index contributed by atoms with van der Waals surface area (Å²) in [4.78, 5) is 0. The van der Waals surface area contributed by atoms with Crippen LogP contribution in [0, 0.1) is 0 Å². The molecule has 1 atom stereocenters. The molecule has 1 aromatic rings. The van der Waals surface area contributed by atoms with E-state index in [0.29, 0.717) is 19.3 Å². The first-order chi connectivity index (χ1) is 8.26. The Labute approximate surface area is 104 Å². The van der Waals surface area contributed by atoms with Crippen molar-refractivity contribution in [3.05, 3.63) is 23.8 Å². The molecule has 0 saturated heterocycles. The fourth-order valence-corrected chi connectivity index (χ4v) is 1.89. The Kier molecular flexibility index (Phi) is 5.84. The zero-order valence-electron chi connectivity index (χ0n) is 11.2. The summed E-state index contributed by atoms with van der Waals surface area (Å²) in [6.45, 7) is 7.43. The molecule has 1 aromatic carbocycles. The lowest BCUT2D eigenvalue weighted by Crippen LogP contribution is -2.15. The third-order valence-corrected chi connectivity index (χ3v) is 2.73. The van der Waals surface area contributed by atoms with Crippen molar-refractivity contribution in [1.82, 2.24) is 5.32 Å². The molecule has 0 bridgehead atoms. The molecule has 1 unspecified atom stereocenters. The normalized spacial score (nSPS) is 12.2. The predicted molar refractivity (Wildman–Crippen MR) is 70.9 cm³/mol. The molecular formula is C14H23NO2. The number of hydrogen-bond donors (Lipinski definition) is 1. The molecule has 0 aromatic heterocycles. The van der Waals surface area contributed by atoms with Crippen molar-refractivity contribution in [2.24, 2.45) is 0 Å². The van der Waals surface area contributed by atoms with Gasteiger partial charge in [-0.15, -0.1) is 0 Å². The van der Waals surface area contributed by atoms with E-state index in [2.05, 4.69) is 24.4 Å². The number of benzene rings is 1. The quantitative estimate of drug-likeness (QED) is 0.790. The monoisotopic (exact) mass is 237 g/mol. The molecule has 3 nitrogen and oxygen atoms in total. The van der Waals surface area contributed by atoms with Crippen molar-refractivity contribution < 1.29 is 9.47 Å². The largest absolute Gasteiger partial charge is 0.490 e. The molecule has 17 heavy (non-hydrogen) atoms. The highest BCUT2D eigenvalue weighted by molar-refractivity contribution is 5.43. The van der Waals surface area contributed by atoms with E-state index in [1.54, 1.807) is 0 Å². The smallest absolute Gasteiger partial charge is 0.161 e. The first kappa shape index (κ1) is 13.8. The average Bonchev–Trinajstić information content (AvgIpc) is 2.34. The summed E-state index contributed by atoms with van der Waals surface area (Å²) in [6, 6.07) is 6.52. The van der Waals surface area contributed by atoms with Gasteiger partial charge in [0.1, 0.15) is 0 Å². The van der Waals surface area contributed by atoms with Crippen LogP contribution in [0.1, 0.15) is 38.8 Å². The lowest BCUT2D eigenvalue weighted by Gasteiger charge is -2.17. The van der Waals surface area contributed by atoms with Gasteiger partial charge in [-0.25, -0.2) is 0 Å². The van der Waals surface area contributed by atoms with Crippen molar-refractivity contribution in [2.45, 2.75) is 33.2 Å². The van der Waals surface area contributed by atoms with E-state index in [1.807, 2.05) is 27.0 Å². The van der Waals surface area contributed by atoms with Crippen LogP contribution in [0.4, 0.5) is 0 Å². The minimum Gasteiger partial charge on any atom is -0.490 e. The van der Waals surface area contributed by atoms with Gasteiger partial charge in [-0.2, -0.15) is 0 Å². The molecule has 1 N–H and O–H groups in total. The number of hydrogen-bond acceptors (Lipinski definition) is 3. The van der Waals surface area contributed by atoms with Crippen molar-refractivity contribution in [1.29, 1.82) is 0 Å². The van der Waals surface area contributed by atoms with Crippen LogP contribution in [0.2, 0.25) is 0 Å². The van der Waals surface area contributed by atoms with Gasteiger partial charge in [0.2, 0.25) is 0 Å². The maximum atomic E-state index is 5.62. The number of nitrogens with one attached hydrogen (secondary N) is 1. The van der Waals surface area contributed by atoms with Crippen LogP contribution < -0.4 is 14.8 Å². The topological polar surface area (TPSA) is 30.5 Å². The molecule has 0 radical (unpaired) electrons. The van der Waals surface area contributed by atoms with Crippen molar-refractivity contribution in [3.63, 3.8) is 0 Å². The molecule has 0 aliphatic rings. The molecule has 0 heterocycles. The second kappa shape index (κ2) is 7.17. The summed E-state index contributed by atoms with van der Waals surface area (Å²) >= 11 is 0. The Morgan fingerprint density at radius 1 is 1.06 bits per heavy atom. The van der Waals surface area contributed by atoms with Crippen LogP contribution in [-0.2, 0) is 0 Å². The lowest BCUT2D eigenvalue weighted by molar-refractivity contribution is 0.287. The van der Waals surface area contributed by atoms with Crippen LogP contribution >= 0.6 is 0 Å². The van der Waals surface area contributed by atoms with E-state index in [-0.39, 0.29) is 0 Å². The van der Waals surface area contributed by atoms with Crippen LogP contribution in [0.15, 0.2) is 18.2 Å². The van der Waals surface area contributed by atoms with E-state index >= 15 is 0 Å². The Balaban J connectivity index is 2.99. The van der Waals surface area contributed by atoms with Gasteiger partial charge in [-0.3, -0.25) is 0 Å². The average molecular weight is 237 g/mol.